The van der Waals surface area contributed by atoms with Gasteiger partial charge in [0.2, 0.25) is 11.8 Å². The Morgan fingerprint density at radius 2 is 1.88 bits per heavy atom. The van der Waals surface area contributed by atoms with E-state index < -0.39 is 5.41 Å². The molecule has 1 heterocycles. The van der Waals surface area contributed by atoms with Crippen molar-refractivity contribution < 1.29 is 14.7 Å². The van der Waals surface area contributed by atoms with Gasteiger partial charge in [-0.2, -0.15) is 0 Å². The molecule has 0 aliphatic carbocycles. The lowest BCUT2D eigenvalue weighted by molar-refractivity contribution is -0.119. The van der Waals surface area contributed by atoms with Crippen LogP contribution in [0.4, 0.5) is 11.4 Å². The smallest absolute Gasteiger partial charge is 0.248 e. The molecule has 0 aromatic heterocycles. The zero-order chi connectivity index (χ0) is 17.3. The molecular weight excluding hydrogens is 304 g/mol. The van der Waals surface area contributed by atoms with E-state index in [9.17, 15) is 14.7 Å². The second-order valence-corrected chi connectivity index (χ2v) is 6.25. The van der Waals surface area contributed by atoms with Crippen LogP contribution >= 0.6 is 0 Å². The van der Waals surface area contributed by atoms with Gasteiger partial charge < -0.3 is 15.7 Å². The molecule has 2 aromatic carbocycles. The van der Waals surface area contributed by atoms with Crippen molar-refractivity contribution in [3.8, 4) is 5.75 Å². The number of aromatic hydroxyl groups is 1. The van der Waals surface area contributed by atoms with Crippen LogP contribution in [0.1, 0.15) is 25.0 Å². The molecular formula is C19H18N2O3. The second kappa shape index (κ2) is 5.85. The summed E-state index contributed by atoms with van der Waals surface area (Å²) in [5.74, 6) is -0.139. The minimum absolute atomic E-state index is 0.0480. The van der Waals surface area contributed by atoms with Gasteiger partial charge in [0.1, 0.15) is 5.75 Å². The molecule has 0 unspecified atom stereocenters. The van der Waals surface area contributed by atoms with Crippen molar-refractivity contribution in [2.45, 2.75) is 19.3 Å². The van der Waals surface area contributed by atoms with E-state index in [1.807, 2.05) is 19.9 Å². The van der Waals surface area contributed by atoms with E-state index in [-0.39, 0.29) is 17.6 Å². The molecule has 2 amide bonds. The highest BCUT2D eigenvalue weighted by Crippen LogP contribution is 2.38. The van der Waals surface area contributed by atoms with E-state index in [1.165, 1.54) is 6.08 Å². The maximum atomic E-state index is 12.0. The van der Waals surface area contributed by atoms with Crippen molar-refractivity contribution in [2.75, 3.05) is 10.6 Å². The van der Waals surface area contributed by atoms with E-state index in [4.69, 9.17) is 0 Å². The number of amides is 2. The number of rotatable bonds is 3. The van der Waals surface area contributed by atoms with E-state index in [0.717, 1.165) is 16.8 Å². The SMILES string of the molecule is CC1(C)C(=O)Nc2cc(NC(=O)/C=C/c3ccc(O)cc3)ccc21. The third-order valence-electron chi connectivity index (χ3n) is 4.10. The Labute approximate surface area is 140 Å². The van der Waals surface area contributed by atoms with Crippen LogP contribution in [0, 0.1) is 0 Å². The number of fused-ring (bicyclic) bond motifs is 1. The summed E-state index contributed by atoms with van der Waals surface area (Å²) in [6, 6.07) is 11.9. The average Bonchev–Trinajstić information content (AvgIpc) is 2.76. The van der Waals surface area contributed by atoms with Crippen LogP contribution in [0.2, 0.25) is 0 Å². The van der Waals surface area contributed by atoms with Crippen LogP contribution in [0.15, 0.2) is 48.5 Å². The molecule has 3 rings (SSSR count). The zero-order valence-corrected chi connectivity index (χ0v) is 13.5. The van der Waals surface area contributed by atoms with Crippen molar-refractivity contribution in [3.05, 3.63) is 59.7 Å². The summed E-state index contributed by atoms with van der Waals surface area (Å²) in [5, 5.41) is 14.8. The number of phenolic OH excluding ortho intramolecular Hbond substituents is 1. The Hall–Kier alpha value is -3.08. The predicted molar refractivity (Wildman–Crippen MR) is 93.9 cm³/mol. The first-order valence-electron chi connectivity index (χ1n) is 7.60. The summed E-state index contributed by atoms with van der Waals surface area (Å²) in [6.07, 6.45) is 3.08. The monoisotopic (exact) mass is 322 g/mol. The quantitative estimate of drug-likeness (QED) is 0.759. The standard InChI is InChI=1S/C19H18N2O3/c1-19(2)15-9-6-13(11-16(15)21-18(19)24)20-17(23)10-5-12-3-7-14(22)8-4-12/h3-11,22H,1-2H3,(H,20,23)(H,21,24)/b10-5+. The Morgan fingerprint density at radius 3 is 2.58 bits per heavy atom. The normalized spacial score (nSPS) is 15.2. The van der Waals surface area contributed by atoms with Crippen molar-refractivity contribution >= 4 is 29.3 Å². The van der Waals surface area contributed by atoms with Crippen LogP contribution in [0.25, 0.3) is 6.08 Å². The van der Waals surface area contributed by atoms with Crippen LogP contribution in [-0.4, -0.2) is 16.9 Å². The molecule has 0 saturated carbocycles. The molecule has 5 nitrogen and oxygen atoms in total. The van der Waals surface area contributed by atoms with Gasteiger partial charge in [-0.1, -0.05) is 18.2 Å². The Balaban J connectivity index is 1.71. The molecule has 24 heavy (non-hydrogen) atoms. The largest absolute Gasteiger partial charge is 0.508 e. The number of anilines is 2. The van der Waals surface area contributed by atoms with Crippen LogP contribution in [0.3, 0.4) is 0 Å². The fraction of sp³-hybridized carbons (Fsp3) is 0.158. The van der Waals surface area contributed by atoms with Crippen LogP contribution in [-0.2, 0) is 15.0 Å². The Bertz CT molecular complexity index is 836. The minimum Gasteiger partial charge on any atom is -0.508 e. The molecule has 0 fully saturated rings. The number of phenols is 1. The van der Waals surface area contributed by atoms with E-state index >= 15 is 0 Å². The molecule has 5 heteroatoms. The number of carbonyl (C=O) groups excluding carboxylic acids is 2. The van der Waals surface area contributed by atoms with Gasteiger partial charge >= 0.3 is 0 Å². The first-order valence-corrected chi connectivity index (χ1v) is 7.60. The molecule has 0 radical (unpaired) electrons. The van der Waals surface area contributed by atoms with E-state index in [0.29, 0.717) is 5.69 Å². The summed E-state index contributed by atoms with van der Waals surface area (Å²) in [7, 11) is 0. The zero-order valence-electron chi connectivity index (χ0n) is 13.5. The Morgan fingerprint density at radius 1 is 1.17 bits per heavy atom. The van der Waals surface area contributed by atoms with Crippen LogP contribution < -0.4 is 10.6 Å². The van der Waals surface area contributed by atoms with E-state index in [2.05, 4.69) is 10.6 Å². The maximum Gasteiger partial charge on any atom is 0.248 e. The number of benzene rings is 2. The van der Waals surface area contributed by atoms with Gasteiger partial charge in [-0.15, -0.1) is 0 Å². The number of nitrogens with one attached hydrogen (secondary N) is 2. The van der Waals surface area contributed by atoms with Gasteiger partial charge in [0.05, 0.1) is 5.41 Å². The fourth-order valence-corrected chi connectivity index (χ4v) is 2.61. The lowest BCUT2D eigenvalue weighted by atomic mass is 9.86. The van der Waals surface area contributed by atoms with Gasteiger partial charge in [0.15, 0.2) is 0 Å². The van der Waals surface area contributed by atoms with Gasteiger partial charge in [0.25, 0.3) is 0 Å². The highest BCUT2D eigenvalue weighted by atomic mass is 16.3. The molecule has 1 aliphatic heterocycles. The van der Waals surface area contributed by atoms with Gasteiger partial charge in [-0.25, -0.2) is 0 Å². The molecule has 122 valence electrons. The molecule has 0 atom stereocenters. The first kappa shape index (κ1) is 15.8. The molecule has 0 bridgehead atoms. The third kappa shape index (κ3) is 3.01. The highest BCUT2D eigenvalue weighted by Gasteiger charge is 2.38. The fourth-order valence-electron chi connectivity index (χ4n) is 2.61. The summed E-state index contributed by atoms with van der Waals surface area (Å²) >= 11 is 0. The van der Waals surface area contributed by atoms with Crippen LogP contribution in [0.5, 0.6) is 5.75 Å². The number of hydrogen-bond donors (Lipinski definition) is 3. The highest BCUT2D eigenvalue weighted by molar-refractivity contribution is 6.07. The first-order chi connectivity index (χ1) is 11.4. The van der Waals surface area contributed by atoms with Crippen molar-refractivity contribution in [1.29, 1.82) is 0 Å². The van der Waals surface area contributed by atoms with Gasteiger partial charge in [-0.05, 0) is 55.3 Å². The van der Waals surface area contributed by atoms with Crippen molar-refractivity contribution in [1.82, 2.24) is 0 Å². The molecule has 2 aromatic rings. The van der Waals surface area contributed by atoms with Gasteiger partial charge in [-0.3, -0.25) is 9.59 Å². The Kier molecular flexibility index (Phi) is 3.85. The summed E-state index contributed by atoms with van der Waals surface area (Å²) < 4.78 is 0. The summed E-state index contributed by atoms with van der Waals surface area (Å²) in [5.41, 5.74) is 2.52. The summed E-state index contributed by atoms with van der Waals surface area (Å²) in [4.78, 5) is 24.0. The maximum absolute atomic E-state index is 12.0. The molecule has 3 N–H and O–H groups in total. The molecule has 1 aliphatic rings. The summed E-state index contributed by atoms with van der Waals surface area (Å²) in [6.45, 7) is 3.74. The predicted octanol–water partition coefficient (Wildman–Crippen LogP) is 3.27. The van der Waals surface area contributed by atoms with Crippen molar-refractivity contribution in [3.63, 3.8) is 0 Å². The third-order valence-corrected chi connectivity index (χ3v) is 4.10. The lowest BCUT2D eigenvalue weighted by Gasteiger charge is -2.15. The van der Waals surface area contributed by atoms with Gasteiger partial charge in [0, 0.05) is 17.5 Å². The van der Waals surface area contributed by atoms with E-state index in [1.54, 1.807) is 42.5 Å². The molecule has 0 spiro atoms. The topological polar surface area (TPSA) is 78.4 Å². The number of carbonyl (C=O) groups is 2. The molecule has 0 saturated heterocycles. The lowest BCUT2D eigenvalue weighted by Crippen LogP contribution is -2.26. The van der Waals surface area contributed by atoms with Crippen molar-refractivity contribution in [2.24, 2.45) is 0 Å². The minimum atomic E-state index is -0.559. The number of hydrogen-bond acceptors (Lipinski definition) is 3. The second-order valence-electron chi connectivity index (χ2n) is 6.25. The average molecular weight is 322 g/mol.